The monoisotopic (exact) mass is 161 g/mol. The van der Waals surface area contributed by atoms with Crippen molar-refractivity contribution in [2.45, 2.75) is 31.7 Å². The summed E-state index contributed by atoms with van der Waals surface area (Å²) in [6.45, 7) is 4.02. The molecule has 1 aromatic rings. The maximum atomic E-state index is 4.02. The van der Waals surface area contributed by atoms with Crippen molar-refractivity contribution in [1.29, 1.82) is 0 Å². The van der Waals surface area contributed by atoms with Gasteiger partial charge in [-0.2, -0.15) is 0 Å². The third-order valence-corrected chi connectivity index (χ3v) is 2.71. The first-order valence-electron chi connectivity index (χ1n) is 4.65. The maximum Gasteiger partial charge on any atom is 0.0336 e. The van der Waals surface area contributed by atoms with Gasteiger partial charge in [0.2, 0.25) is 0 Å². The van der Waals surface area contributed by atoms with Gasteiger partial charge < -0.3 is 4.57 Å². The van der Waals surface area contributed by atoms with E-state index in [1.54, 1.807) is 0 Å². The largest absolute Gasteiger partial charge is 0.351 e. The second kappa shape index (κ2) is 3.18. The van der Waals surface area contributed by atoms with Crippen LogP contribution in [0.5, 0.6) is 0 Å². The third-order valence-electron chi connectivity index (χ3n) is 2.71. The minimum atomic E-state index is 0.727. The van der Waals surface area contributed by atoms with E-state index in [-0.39, 0.29) is 0 Å². The number of rotatable bonds is 1. The molecule has 1 saturated carbocycles. The van der Waals surface area contributed by atoms with Crippen molar-refractivity contribution < 1.29 is 0 Å². The van der Waals surface area contributed by atoms with Crippen LogP contribution in [0, 0.1) is 0 Å². The van der Waals surface area contributed by atoms with E-state index in [0.717, 1.165) is 6.04 Å². The molecule has 1 nitrogen and oxygen atoms in total. The van der Waals surface area contributed by atoms with Gasteiger partial charge in [-0.25, -0.2) is 0 Å². The smallest absolute Gasteiger partial charge is 0.0336 e. The van der Waals surface area contributed by atoms with Crippen molar-refractivity contribution >= 4 is 0 Å². The van der Waals surface area contributed by atoms with Crippen LogP contribution in [-0.4, -0.2) is 4.57 Å². The Bertz CT molecular complexity index is 249. The van der Waals surface area contributed by atoms with Gasteiger partial charge in [-0.15, -0.1) is 0 Å². The van der Waals surface area contributed by atoms with Crippen molar-refractivity contribution in [2.24, 2.45) is 0 Å². The summed E-state index contributed by atoms with van der Waals surface area (Å²) in [5, 5.41) is 0. The van der Waals surface area contributed by atoms with E-state index >= 15 is 0 Å². The molecule has 0 unspecified atom stereocenters. The fraction of sp³-hybridized carbons (Fsp3) is 0.455. The number of nitrogens with zero attached hydrogens (tertiary/aromatic N) is 1. The zero-order valence-electron chi connectivity index (χ0n) is 7.37. The number of aromatic nitrogens is 1. The minimum absolute atomic E-state index is 0.727. The van der Waals surface area contributed by atoms with E-state index < -0.39 is 0 Å². The molecule has 0 saturated heterocycles. The first-order valence-corrected chi connectivity index (χ1v) is 4.65. The van der Waals surface area contributed by atoms with E-state index in [9.17, 15) is 0 Å². The Hall–Kier alpha value is -0.980. The molecule has 1 heteroatoms. The van der Waals surface area contributed by atoms with Crippen LogP contribution < -0.4 is 0 Å². The van der Waals surface area contributed by atoms with Crippen molar-refractivity contribution in [3.05, 3.63) is 36.7 Å². The lowest BCUT2D eigenvalue weighted by atomic mass is 9.92. The van der Waals surface area contributed by atoms with Gasteiger partial charge in [0.15, 0.2) is 0 Å². The first kappa shape index (κ1) is 7.66. The SMILES string of the molecule is C=C1CCC(n2cccc2)CC1. The lowest BCUT2D eigenvalue weighted by molar-refractivity contribution is 0.401. The van der Waals surface area contributed by atoms with E-state index in [1.165, 1.54) is 31.3 Å². The van der Waals surface area contributed by atoms with Crippen molar-refractivity contribution in [3.63, 3.8) is 0 Å². The predicted molar refractivity (Wildman–Crippen MR) is 51.1 cm³/mol. The molecule has 1 aliphatic carbocycles. The molecule has 0 aliphatic heterocycles. The van der Waals surface area contributed by atoms with Crippen LogP contribution in [0.25, 0.3) is 0 Å². The normalized spacial score (nSPS) is 19.8. The molecule has 0 amide bonds. The summed E-state index contributed by atoms with van der Waals surface area (Å²) in [5.41, 5.74) is 1.43. The number of hydrogen-bond acceptors (Lipinski definition) is 0. The molecule has 0 N–H and O–H groups in total. The highest BCUT2D eigenvalue weighted by atomic mass is 15.0. The highest BCUT2D eigenvalue weighted by Gasteiger charge is 2.15. The van der Waals surface area contributed by atoms with Crippen LogP contribution in [0.1, 0.15) is 31.7 Å². The maximum absolute atomic E-state index is 4.02. The van der Waals surface area contributed by atoms with Gasteiger partial charge in [0.1, 0.15) is 0 Å². The van der Waals surface area contributed by atoms with Crippen molar-refractivity contribution in [2.75, 3.05) is 0 Å². The van der Waals surface area contributed by atoms with E-state index in [1.807, 2.05) is 0 Å². The third kappa shape index (κ3) is 1.45. The highest BCUT2D eigenvalue weighted by Crippen LogP contribution is 2.30. The lowest BCUT2D eigenvalue weighted by Crippen LogP contribution is -2.11. The van der Waals surface area contributed by atoms with Crippen LogP contribution in [-0.2, 0) is 0 Å². The van der Waals surface area contributed by atoms with Gasteiger partial charge in [0.05, 0.1) is 0 Å². The highest BCUT2D eigenvalue weighted by molar-refractivity contribution is 5.02. The number of allylic oxidation sites excluding steroid dienone is 1. The molecule has 1 heterocycles. The Morgan fingerprint density at radius 1 is 1.17 bits per heavy atom. The summed E-state index contributed by atoms with van der Waals surface area (Å²) < 4.78 is 2.33. The van der Waals surface area contributed by atoms with Gasteiger partial charge in [-0.05, 0) is 37.8 Å². The van der Waals surface area contributed by atoms with Gasteiger partial charge in [0, 0.05) is 18.4 Å². The molecule has 0 spiro atoms. The summed E-state index contributed by atoms with van der Waals surface area (Å²) in [6.07, 6.45) is 9.30. The molecule has 0 aromatic carbocycles. The molecular formula is C11H15N. The molecule has 1 aromatic heterocycles. The summed E-state index contributed by atoms with van der Waals surface area (Å²) in [7, 11) is 0. The molecule has 0 atom stereocenters. The van der Waals surface area contributed by atoms with Gasteiger partial charge >= 0.3 is 0 Å². The Morgan fingerprint density at radius 3 is 2.33 bits per heavy atom. The van der Waals surface area contributed by atoms with Crippen LogP contribution in [0.3, 0.4) is 0 Å². The van der Waals surface area contributed by atoms with Crippen LogP contribution >= 0.6 is 0 Å². The fourth-order valence-electron chi connectivity index (χ4n) is 1.90. The van der Waals surface area contributed by atoms with Crippen molar-refractivity contribution in [1.82, 2.24) is 4.57 Å². The lowest BCUT2D eigenvalue weighted by Gasteiger charge is -2.24. The summed E-state index contributed by atoms with van der Waals surface area (Å²) in [6, 6.07) is 4.93. The molecule has 2 rings (SSSR count). The summed E-state index contributed by atoms with van der Waals surface area (Å²) >= 11 is 0. The average molecular weight is 161 g/mol. The average Bonchev–Trinajstić information content (AvgIpc) is 2.58. The zero-order chi connectivity index (χ0) is 8.39. The standard InChI is InChI=1S/C11H15N/c1-10-4-6-11(7-5-10)12-8-2-3-9-12/h2-3,8-9,11H,1,4-7H2. The predicted octanol–water partition coefficient (Wildman–Crippen LogP) is 3.16. The second-order valence-corrected chi connectivity index (χ2v) is 3.61. The minimum Gasteiger partial charge on any atom is -0.351 e. The molecule has 0 bridgehead atoms. The van der Waals surface area contributed by atoms with Crippen molar-refractivity contribution in [3.8, 4) is 0 Å². The van der Waals surface area contributed by atoms with Gasteiger partial charge in [-0.3, -0.25) is 0 Å². The first-order chi connectivity index (χ1) is 5.86. The van der Waals surface area contributed by atoms with Gasteiger partial charge in [-0.1, -0.05) is 12.2 Å². The van der Waals surface area contributed by atoms with Crippen LogP contribution in [0.2, 0.25) is 0 Å². The molecule has 1 fully saturated rings. The number of hydrogen-bond donors (Lipinski definition) is 0. The Morgan fingerprint density at radius 2 is 1.75 bits per heavy atom. The molecule has 1 aliphatic rings. The quantitative estimate of drug-likeness (QED) is 0.557. The topological polar surface area (TPSA) is 4.93 Å². The molecular weight excluding hydrogens is 146 g/mol. The van der Waals surface area contributed by atoms with E-state index in [0.29, 0.717) is 0 Å². The van der Waals surface area contributed by atoms with E-state index in [2.05, 4.69) is 35.7 Å². The Labute approximate surface area is 73.7 Å². The fourth-order valence-corrected chi connectivity index (χ4v) is 1.90. The Kier molecular flexibility index (Phi) is 2.03. The molecule has 64 valence electrons. The van der Waals surface area contributed by atoms with Crippen LogP contribution in [0.15, 0.2) is 36.7 Å². The Balaban J connectivity index is 2.03. The van der Waals surface area contributed by atoms with E-state index in [4.69, 9.17) is 0 Å². The summed E-state index contributed by atoms with van der Waals surface area (Å²) in [4.78, 5) is 0. The van der Waals surface area contributed by atoms with Gasteiger partial charge in [0.25, 0.3) is 0 Å². The second-order valence-electron chi connectivity index (χ2n) is 3.61. The summed E-state index contributed by atoms with van der Waals surface area (Å²) in [5.74, 6) is 0. The zero-order valence-corrected chi connectivity index (χ0v) is 7.37. The van der Waals surface area contributed by atoms with Crippen LogP contribution in [0.4, 0.5) is 0 Å². The molecule has 0 radical (unpaired) electrons. The molecule has 12 heavy (non-hydrogen) atoms.